The number of pyridine rings is 1. The fourth-order valence-electron chi connectivity index (χ4n) is 2.55. The zero-order valence-corrected chi connectivity index (χ0v) is 11.2. The fraction of sp³-hybridized carbons (Fsp3) is 0.200. The summed E-state index contributed by atoms with van der Waals surface area (Å²) in [6, 6.07) is 10.7. The van der Waals surface area contributed by atoms with Gasteiger partial charge in [0.15, 0.2) is 0 Å². The first-order valence-corrected chi connectivity index (χ1v) is 6.62. The van der Waals surface area contributed by atoms with Crippen molar-refractivity contribution in [3.8, 4) is 6.07 Å². The number of hydrogen-bond donors (Lipinski definition) is 1. The Kier molecular flexibility index (Phi) is 3.24. The Labute approximate surface area is 121 Å². The van der Waals surface area contributed by atoms with Gasteiger partial charge in [0.1, 0.15) is 11.9 Å². The molecule has 0 saturated heterocycles. The summed E-state index contributed by atoms with van der Waals surface area (Å²) in [4.78, 5) is 14.2. The van der Waals surface area contributed by atoms with E-state index >= 15 is 0 Å². The van der Waals surface area contributed by atoms with Crippen LogP contribution in [-0.4, -0.2) is 9.91 Å². The third-order valence-corrected chi connectivity index (χ3v) is 3.55. The van der Waals surface area contributed by atoms with E-state index in [1.807, 2.05) is 6.07 Å². The number of fused-ring (bicyclic) bond motifs is 1. The lowest BCUT2D eigenvalue weighted by molar-refractivity contribution is -0.385. The van der Waals surface area contributed by atoms with Crippen LogP contribution in [0, 0.1) is 21.4 Å². The maximum Gasteiger partial charge on any atom is 0.305 e. The Morgan fingerprint density at radius 3 is 2.81 bits per heavy atom. The minimum absolute atomic E-state index is 0.189. The van der Waals surface area contributed by atoms with Crippen LogP contribution in [0.4, 0.5) is 17.2 Å². The quantitative estimate of drug-likeness (QED) is 0.689. The van der Waals surface area contributed by atoms with Gasteiger partial charge in [-0.25, -0.2) is 4.98 Å². The minimum atomic E-state index is -0.606. The van der Waals surface area contributed by atoms with Crippen molar-refractivity contribution >= 4 is 17.2 Å². The molecule has 1 aromatic carbocycles. The van der Waals surface area contributed by atoms with E-state index in [-0.39, 0.29) is 11.4 Å². The Morgan fingerprint density at radius 1 is 1.24 bits per heavy atom. The van der Waals surface area contributed by atoms with Gasteiger partial charge in [-0.3, -0.25) is 10.1 Å². The Morgan fingerprint density at radius 2 is 2.05 bits per heavy atom. The number of rotatable bonds is 3. The molecule has 21 heavy (non-hydrogen) atoms. The highest BCUT2D eigenvalue weighted by Gasteiger charge is 2.16. The predicted molar refractivity (Wildman–Crippen MR) is 77.4 cm³/mol. The van der Waals surface area contributed by atoms with Crippen LogP contribution in [0.1, 0.15) is 23.2 Å². The topological polar surface area (TPSA) is 91.8 Å². The molecule has 1 aliphatic rings. The van der Waals surface area contributed by atoms with E-state index in [9.17, 15) is 10.1 Å². The highest BCUT2D eigenvalue weighted by atomic mass is 16.6. The molecular weight excluding hydrogens is 268 g/mol. The van der Waals surface area contributed by atoms with Crippen LogP contribution >= 0.6 is 0 Å². The Bertz CT molecular complexity index is 765. The smallest absolute Gasteiger partial charge is 0.305 e. The summed E-state index contributed by atoms with van der Waals surface area (Å²) < 4.78 is 0. The van der Waals surface area contributed by atoms with Gasteiger partial charge in [-0.05, 0) is 48.6 Å². The number of aromatic nitrogens is 1. The zero-order chi connectivity index (χ0) is 14.8. The lowest BCUT2D eigenvalue weighted by atomic mass is 10.1. The first kappa shape index (κ1) is 13.1. The molecule has 6 heteroatoms. The second kappa shape index (κ2) is 5.21. The van der Waals surface area contributed by atoms with E-state index in [0.29, 0.717) is 5.82 Å². The third kappa shape index (κ3) is 2.54. The summed E-state index contributed by atoms with van der Waals surface area (Å²) in [7, 11) is 0. The maximum atomic E-state index is 10.8. The van der Waals surface area contributed by atoms with E-state index < -0.39 is 4.92 Å². The highest BCUT2D eigenvalue weighted by molar-refractivity contribution is 5.61. The molecule has 1 aromatic heterocycles. The molecule has 0 spiro atoms. The van der Waals surface area contributed by atoms with Crippen molar-refractivity contribution in [3.63, 3.8) is 0 Å². The molecule has 0 radical (unpaired) electrons. The molecule has 6 nitrogen and oxygen atoms in total. The Balaban J connectivity index is 1.88. The van der Waals surface area contributed by atoms with E-state index in [2.05, 4.69) is 22.4 Å². The van der Waals surface area contributed by atoms with Crippen molar-refractivity contribution in [3.05, 3.63) is 57.3 Å². The third-order valence-electron chi connectivity index (χ3n) is 3.55. The van der Waals surface area contributed by atoms with Gasteiger partial charge in [-0.15, -0.1) is 0 Å². The van der Waals surface area contributed by atoms with Crippen molar-refractivity contribution < 1.29 is 4.92 Å². The van der Waals surface area contributed by atoms with Crippen LogP contribution in [0.5, 0.6) is 0 Å². The molecule has 0 saturated carbocycles. The van der Waals surface area contributed by atoms with E-state index in [0.717, 1.165) is 18.5 Å². The normalized spacial score (nSPS) is 12.5. The number of nitro groups is 1. The van der Waals surface area contributed by atoms with E-state index in [1.165, 1.54) is 29.7 Å². The minimum Gasteiger partial charge on any atom is -0.340 e. The molecule has 1 heterocycles. The molecule has 3 rings (SSSR count). The summed E-state index contributed by atoms with van der Waals surface area (Å²) >= 11 is 0. The monoisotopic (exact) mass is 280 g/mol. The average molecular weight is 280 g/mol. The molecule has 0 bridgehead atoms. The van der Waals surface area contributed by atoms with Crippen LogP contribution in [0.25, 0.3) is 0 Å². The largest absolute Gasteiger partial charge is 0.340 e. The lowest BCUT2D eigenvalue weighted by Gasteiger charge is -2.08. The lowest BCUT2D eigenvalue weighted by Crippen LogP contribution is -2.00. The number of aryl methyl sites for hydroxylation is 2. The molecular formula is C15H12N4O2. The van der Waals surface area contributed by atoms with Gasteiger partial charge in [0.05, 0.1) is 4.92 Å². The van der Waals surface area contributed by atoms with Gasteiger partial charge in [-0.2, -0.15) is 5.26 Å². The molecule has 2 aromatic rings. The molecule has 1 aliphatic carbocycles. The first-order valence-electron chi connectivity index (χ1n) is 6.62. The van der Waals surface area contributed by atoms with Crippen molar-refractivity contribution in [2.45, 2.75) is 19.3 Å². The number of benzene rings is 1. The number of nitrogens with one attached hydrogen (secondary N) is 1. The van der Waals surface area contributed by atoms with Gasteiger partial charge in [0, 0.05) is 11.8 Å². The van der Waals surface area contributed by atoms with Crippen LogP contribution in [0.2, 0.25) is 0 Å². The van der Waals surface area contributed by atoms with Crippen LogP contribution in [0.3, 0.4) is 0 Å². The molecule has 0 amide bonds. The van der Waals surface area contributed by atoms with Crippen molar-refractivity contribution in [2.75, 3.05) is 5.32 Å². The molecule has 0 fully saturated rings. The summed E-state index contributed by atoms with van der Waals surface area (Å²) in [5.41, 5.74) is 3.10. The second-order valence-corrected chi connectivity index (χ2v) is 4.90. The van der Waals surface area contributed by atoms with Crippen LogP contribution < -0.4 is 5.32 Å². The van der Waals surface area contributed by atoms with Gasteiger partial charge in [0.25, 0.3) is 0 Å². The zero-order valence-electron chi connectivity index (χ0n) is 11.2. The fourth-order valence-corrected chi connectivity index (χ4v) is 2.55. The Hall–Kier alpha value is -2.94. The molecule has 0 unspecified atom stereocenters. The predicted octanol–water partition coefficient (Wildman–Crippen LogP) is 3.09. The SMILES string of the molecule is N#Cc1nc(Nc2ccc3c(c2)CCC3)ccc1[N+](=O)[O-]. The van der Waals surface area contributed by atoms with Gasteiger partial charge in [0.2, 0.25) is 5.69 Å². The molecule has 0 atom stereocenters. The number of anilines is 2. The standard InChI is InChI=1S/C15H12N4O2/c16-9-13-14(19(20)21)6-7-15(18-13)17-12-5-4-10-2-1-3-11(10)8-12/h4-8H,1-3H2,(H,17,18). The number of nitriles is 1. The van der Waals surface area contributed by atoms with Crippen molar-refractivity contribution in [1.29, 1.82) is 5.26 Å². The summed E-state index contributed by atoms with van der Waals surface area (Å²) in [6.07, 6.45) is 3.36. The van der Waals surface area contributed by atoms with Crippen LogP contribution in [-0.2, 0) is 12.8 Å². The molecule has 104 valence electrons. The number of nitrogens with zero attached hydrogens (tertiary/aromatic N) is 3. The average Bonchev–Trinajstić information content (AvgIpc) is 2.94. The molecule has 0 aliphatic heterocycles. The molecule has 1 N–H and O–H groups in total. The summed E-state index contributed by atoms with van der Waals surface area (Å²) in [5.74, 6) is 0.426. The first-order chi connectivity index (χ1) is 10.2. The van der Waals surface area contributed by atoms with E-state index in [1.54, 1.807) is 6.07 Å². The van der Waals surface area contributed by atoms with E-state index in [4.69, 9.17) is 5.26 Å². The summed E-state index contributed by atoms with van der Waals surface area (Å²) in [6.45, 7) is 0. The van der Waals surface area contributed by atoms with Crippen LogP contribution in [0.15, 0.2) is 30.3 Å². The second-order valence-electron chi connectivity index (χ2n) is 4.90. The highest BCUT2D eigenvalue weighted by Crippen LogP contribution is 2.27. The van der Waals surface area contributed by atoms with Gasteiger partial charge < -0.3 is 5.32 Å². The van der Waals surface area contributed by atoms with Gasteiger partial charge >= 0.3 is 5.69 Å². The summed E-state index contributed by atoms with van der Waals surface area (Å²) in [5, 5.41) is 22.8. The number of hydrogen-bond acceptors (Lipinski definition) is 5. The van der Waals surface area contributed by atoms with Gasteiger partial charge in [-0.1, -0.05) is 6.07 Å². The van der Waals surface area contributed by atoms with Crippen molar-refractivity contribution in [1.82, 2.24) is 4.98 Å². The maximum absolute atomic E-state index is 10.8. The van der Waals surface area contributed by atoms with Crippen molar-refractivity contribution in [2.24, 2.45) is 0 Å².